The van der Waals surface area contributed by atoms with Gasteiger partial charge in [-0.25, -0.2) is 0 Å². The van der Waals surface area contributed by atoms with Crippen LogP contribution in [0.3, 0.4) is 0 Å². The Bertz CT molecular complexity index is 376. The molecule has 18 heavy (non-hydrogen) atoms. The van der Waals surface area contributed by atoms with Crippen molar-refractivity contribution in [3.63, 3.8) is 0 Å². The second-order valence-electron chi connectivity index (χ2n) is 5.34. The molecule has 3 nitrogen and oxygen atoms in total. The average Bonchev–Trinajstić information content (AvgIpc) is 3.04. The van der Waals surface area contributed by atoms with Crippen LogP contribution in [-0.4, -0.2) is 24.9 Å². The minimum Gasteiger partial charge on any atom is -0.488 e. The molecule has 3 heteroatoms. The fraction of sp³-hybridized carbons (Fsp3) is 0.600. The van der Waals surface area contributed by atoms with Gasteiger partial charge < -0.3 is 15.2 Å². The molecular formula is C15H21NO2. The topological polar surface area (TPSA) is 44.5 Å². The molecule has 0 aliphatic carbocycles. The van der Waals surface area contributed by atoms with E-state index < -0.39 is 0 Å². The van der Waals surface area contributed by atoms with Crippen molar-refractivity contribution in [1.82, 2.24) is 0 Å². The maximum absolute atomic E-state index is 6.26. The van der Waals surface area contributed by atoms with E-state index in [-0.39, 0.29) is 12.1 Å². The van der Waals surface area contributed by atoms with E-state index in [2.05, 4.69) is 12.1 Å². The number of nitrogens with two attached hydrogens (primary N) is 1. The smallest absolute Gasteiger partial charge is 0.123 e. The van der Waals surface area contributed by atoms with Gasteiger partial charge in [0.2, 0.25) is 0 Å². The van der Waals surface area contributed by atoms with Crippen LogP contribution in [0.1, 0.15) is 31.2 Å². The first-order valence-electron chi connectivity index (χ1n) is 6.94. The standard InChI is InChI=1S/C15H21NO2/c16-13(8-7-12-5-3-9-17-12)15-10-11-4-1-2-6-14(11)18-15/h1-2,4,6,12-13,15H,3,5,7-10,16H2. The molecule has 0 radical (unpaired) electrons. The number of rotatable bonds is 4. The lowest BCUT2D eigenvalue weighted by molar-refractivity contribution is 0.0947. The Morgan fingerprint density at radius 3 is 3.00 bits per heavy atom. The molecule has 0 amide bonds. The van der Waals surface area contributed by atoms with E-state index in [0.29, 0.717) is 6.10 Å². The normalized spacial score (nSPS) is 27.8. The third-order valence-electron chi connectivity index (χ3n) is 4.00. The Morgan fingerprint density at radius 1 is 1.33 bits per heavy atom. The van der Waals surface area contributed by atoms with Crippen molar-refractivity contribution in [2.75, 3.05) is 6.61 Å². The van der Waals surface area contributed by atoms with Crippen LogP contribution in [-0.2, 0) is 11.2 Å². The number of hydrogen-bond donors (Lipinski definition) is 1. The zero-order valence-corrected chi connectivity index (χ0v) is 10.7. The molecule has 2 heterocycles. The predicted molar refractivity (Wildman–Crippen MR) is 70.7 cm³/mol. The molecule has 2 aliphatic rings. The minimum absolute atomic E-state index is 0.113. The number of fused-ring (bicyclic) bond motifs is 1. The van der Waals surface area contributed by atoms with Crippen molar-refractivity contribution in [3.05, 3.63) is 29.8 Å². The van der Waals surface area contributed by atoms with Gasteiger partial charge in [-0.2, -0.15) is 0 Å². The van der Waals surface area contributed by atoms with Crippen molar-refractivity contribution in [2.45, 2.75) is 50.4 Å². The summed E-state index contributed by atoms with van der Waals surface area (Å²) in [7, 11) is 0. The first kappa shape index (κ1) is 12.0. The van der Waals surface area contributed by atoms with E-state index in [1.165, 1.54) is 18.4 Å². The van der Waals surface area contributed by atoms with Crippen molar-refractivity contribution < 1.29 is 9.47 Å². The fourth-order valence-electron chi connectivity index (χ4n) is 2.88. The Labute approximate surface area is 108 Å². The van der Waals surface area contributed by atoms with Crippen molar-refractivity contribution in [3.8, 4) is 5.75 Å². The van der Waals surface area contributed by atoms with Crippen LogP contribution in [0, 0.1) is 0 Å². The highest BCUT2D eigenvalue weighted by molar-refractivity contribution is 5.37. The fourth-order valence-corrected chi connectivity index (χ4v) is 2.88. The lowest BCUT2D eigenvalue weighted by Crippen LogP contribution is -2.38. The number of para-hydroxylation sites is 1. The number of hydrogen-bond acceptors (Lipinski definition) is 3. The van der Waals surface area contributed by atoms with Gasteiger partial charge in [0.25, 0.3) is 0 Å². The monoisotopic (exact) mass is 247 g/mol. The minimum atomic E-state index is 0.113. The van der Waals surface area contributed by atoms with Gasteiger partial charge in [-0.3, -0.25) is 0 Å². The van der Waals surface area contributed by atoms with Crippen molar-refractivity contribution in [1.29, 1.82) is 0 Å². The molecule has 0 bridgehead atoms. The van der Waals surface area contributed by atoms with Crippen LogP contribution in [0.2, 0.25) is 0 Å². The zero-order valence-electron chi connectivity index (χ0n) is 10.7. The highest BCUT2D eigenvalue weighted by Gasteiger charge is 2.28. The van der Waals surface area contributed by atoms with Gasteiger partial charge in [0, 0.05) is 19.1 Å². The largest absolute Gasteiger partial charge is 0.488 e. The molecule has 1 saturated heterocycles. The highest BCUT2D eigenvalue weighted by Crippen LogP contribution is 2.30. The maximum Gasteiger partial charge on any atom is 0.123 e. The molecule has 0 saturated carbocycles. The molecule has 3 atom stereocenters. The first-order valence-corrected chi connectivity index (χ1v) is 6.94. The van der Waals surface area contributed by atoms with Crippen LogP contribution in [0.25, 0.3) is 0 Å². The quantitative estimate of drug-likeness (QED) is 0.887. The Balaban J connectivity index is 1.50. The van der Waals surface area contributed by atoms with E-state index in [0.717, 1.165) is 31.6 Å². The molecule has 3 rings (SSSR count). The van der Waals surface area contributed by atoms with Crippen molar-refractivity contribution >= 4 is 0 Å². The van der Waals surface area contributed by atoms with Gasteiger partial charge >= 0.3 is 0 Å². The summed E-state index contributed by atoms with van der Waals surface area (Å²) in [4.78, 5) is 0. The van der Waals surface area contributed by atoms with Gasteiger partial charge in [-0.1, -0.05) is 18.2 Å². The van der Waals surface area contributed by atoms with Gasteiger partial charge in [0.1, 0.15) is 11.9 Å². The molecule has 98 valence electrons. The summed E-state index contributed by atoms with van der Waals surface area (Å²) in [5.41, 5.74) is 7.54. The summed E-state index contributed by atoms with van der Waals surface area (Å²) in [5.74, 6) is 1.01. The van der Waals surface area contributed by atoms with Crippen LogP contribution >= 0.6 is 0 Å². The Morgan fingerprint density at radius 2 is 2.22 bits per heavy atom. The summed E-state index contributed by atoms with van der Waals surface area (Å²) in [6.45, 7) is 0.922. The Hall–Kier alpha value is -1.06. The molecule has 3 unspecified atom stereocenters. The van der Waals surface area contributed by atoms with Gasteiger partial charge in [0.15, 0.2) is 0 Å². The molecule has 1 aromatic carbocycles. The SMILES string of the molecule is NC(CCC1CCCO1)C1Cc2ccccc2O1. The number of ether oxygens (including phenoxy) is 2. The van der Waals surface area contributed by atoms with Crippen LogP contribution in [0.15, 0.2) is 24.3 Å². The second-order valence-corrected chi connectivity index (χ2v) is 5.34. The van der Waals surface area contributed by atoms with E-state index in [4.69, 9.17) is 15.2 Å². The highest BCUT2D eigenvalue weighted by atomic mass is 16.5. The summed E-state index contributed by atoms with van der Waals surface area (Å²) in [6, 6.07) is 8.34. The molecular weight excluding hydrogens is 226 g/mol. The summed E-state index contributed by atoms with van der Waals surface area (Å²) in [6.07, 6.45) is 5.97. The second kappa shape index (κ2) is 5.29. The molecule has 2 aliphatic heterocycles. The lowest BCUT2D eigenvalue weighted by Gasteiger charge is -2.20. The molecule has 1 aromatic rings. The predicted octanol–water partition coefficient (Wildman–Crippen LogP) is 2.28. The molecule has 0 spiro atoms. The summed E-state index contributed by atoms with van der Waals surface area (Å²) < 4.78 is 11.5. The van der Waals surface area contributed by atoms with E-state index >= 15 is 0 Å². The molecule has 2 N–H and O–H groups in total. The maximum atomic E-state index is 6.26. The Kier molecular flexibility index (Phi) is 3.52. The van der Waals surface area contributed by atoms with Crippen LogP contribution < -0.4 is 10.5 Å². The molecule has 1 fully saturated rings. The summed E-state index contributed by atoms with van der Waals surface area (Å²) >= 11 is 0. The third kappa shape index (κ3) is 2.52. The molecule has 0 aromatic heterocycles. The number of benzene rings is 1. The average molecular weight is 247 g/mol. The van der Waals surface area contributed by atoms with Crippen LogP contribution in [0.5, 0.6) is 5.75 Å². The van der Waals surface area contributed by atoms with E-state index in [1.807, 2.05) is 12.1 Å². The van der Waals surface area contributed by atoms with E-state index in [1.54, 1.807) is 0 Å². The first-order chi connectivity index (χ1) is 8.83. The van der Waals surface area contributed by atoms with E-state index in [9.17, 15) is 0 Å². The van der Waals surface area contributed by atoms with Crippen LogP contribution in [0.4, 0.5) is 0 Å². The third-order valence-corrected chi connectivity index (χ3v) is 4.00. The van der Waals surface area contributed by atoms with Gasteiger partial charge in [0.05, 0.1) is 6.10 Å². The summed E-state index contributed by atoms with van der Waals surface area (Å²) in [5, 5.41) is 0. The lowest BCUT2D eigenvalue weighted by atomic mass is 9.99. The van der Waals surface area contributed by atoms with Crippen molar-refractivity contribution in [2.24, 2.45) is 5.73 Å². The van der Waals surface area contributed by atoms with Gasteiger partial charge in [-0.05, 0) is 37.3 Å². The van der Waals surface area contributed by atoms with Gasteiger partial charge in [-0.15, -0.1) is 0 Å². The zero-order chi connectivity index (χ0) is 12.4.